The first-order valence-electron chi connectivity index (χ1n) is 9.69. The number of aromatic nitrogens is 2. The molecule has 0 bridgehead atoms. The third kappa shape index (κ3) is 2.74. The van der Waals surface area contributed by atoms with E-state index in [9.17, 15) is 14.7 Å². The molecule has 2 saturated heterocycles. The Kier molecular flexibility index (Phi) is 3.99. The van der Waals surface area contributed by atoms with Gasteiger partial charge in [-0.3, -0.25) is 9.59 Å². The van der Waals surface area contributed by atoms with Gasteiger partial charge in [0.05, 0.1) is 17.7 Å². The number of H-pyrrole nitrogens is 1. The fourth-order valence-corrected chi connectivity index (χ4v) is 4.78. The Morgan fingerprint density at radius 2 is 2.00 bits per heavy atom. The highest BCUT2D eigenvalue weighted by Crippen LogP contribution is 2.43. The van der Waals surface area contributed by atoms with Crippen LogP contribution in [0.4, 0.5) is 0 Å². The average molecular weight is 394 g/mol. The largest absolute Gasteiger partial charge is 0.396 e. The number of amides is 2. The molecule has 5 rings (SSSR count). The number of hydrogen-bond donors (Lipinski definition) is 2. The second-order valence-corrected chi connectivity index (χ2v) is 8.16. The molecule has 1 aromatic carbocycles. The number of likely N-dealkylation sites (tertiary alicyclic amines) is 2. The Bertz CT molecular complexity index is 1100. The maximum absolute atomic E-state index is 13.2. The SMILES string of the molecule is Cc1cc(C(=O)N2CC3CN(C(=O)c4cccc5cc[nH]c45)CC3(CO)C2)no1. The smallest absolute Gasteiger partial charge is 0.276 e. The second-order valence-electron chi connectivity index (χ2n) is 8.16. The van der Waals surface area contributed by atoms with Crippen molar-refractivity contribution in [1.29, 1.82) is 0 Å². The maximum atomic E-state index is 13.2. The summed E-state index contributed by atoms with van der Waals surface area (Å²) in [7, 11) is 0. The van der Waals surface area contributed by atoms with Crippen molar-refractivity contribution in [3.8, 4) is 0 Å². The molecule has 2 aliphatic rings. The van der Waals surface area contributed by atoms with Crippen LogP contribution < -0.4 is 0 Å². The number of carbonyl (C=O) groups is 2. The van der Waals surface area contributed by atoms with Gasteiger partial charge in [-0.2, -0.15) is 0 Å². The minimum atomic E-state index is -0.506. The zero-order valence-corrected chi connectivity index (χ0v) is 16.1. The molecule has 29 heavy (non-hydrogen) atoms. The van der Waals surface area contributed by atoms with E-state index in [1.165, 1.54) is 0 Å². The van der Waals surface area contributed by atoms with Crippen molar-refractivity contribution in [1.82, 2.24) is 19.9 Å². The van der Waals surface area contributed by atoms with Crippen LogP contribution in [0.3, 0.4) is 0 Å². The average Bonchev–Trinajstić information content (AvgIpc) is 3.48. The number of aromatic amines is 1. The van der Waals surface area contributed by atoms with Crippen molar-refractivity contribution < 1.29 is 19.2 Å². The molecule has 0 aliphatic carbocycles. The zero-order chi connectivity index (χ0) is 20.2. The molecular formula is C21H22N4O4. The first-order chi connectivity index (χ1) is 14.0. The molecule has 2 unspecified atom stereocenters. The molecule has 150 valence electrons. The monoisotopic (exact) mass is 394 g/mol. The number of rotatable bonds is 3. The van der Waals surface area contributed by atoms with Crippen molar-refractivity contribution in [2.75, 3.05) is 32.8 Å². The number of aryl methyl sites for hydroxylation is 1. The highest BCUT2D eigenvalue weighted by molar-refractivity contribution is 6.05. The van der Waals surface area contributed by atoms with Crippen LogP contribution in [0.15, 0.2) is 41.1 Å². The molecule has 8 nitrogen and oxygen atoms in total. The summed E-state index contributed by atoms with van der Waals surface area (Å²) < 4.78 is 5.01. The van der Waals surface area contributed by atoms with Crippen LogP contribution in [0.5, 0.6) is 0 Å². The summed E-state index contributed by atoms with van der Waals surface area (Å²) in [6.45, 7) is 3.49. The fraction of sp³-hybridized carbons (Fsp3) is 0.381. The Hall–Kier alpha value is -3.13. The van der Waals surface area contributed by atoms with Crippen LogP contribution in [0.25, 0.3) is 10.9 Å². The molecule has 8 heteroatoms. The molecule has 4 heterocycles. The van der Waals surface area contributed by atoms with Gasteiger partial charge in [-0.05, 0) is 19.1 Å². The number of aliphatic hydroxyl groups excluding tert-OH is 1. The number of fused-ring (bicyclic) bond motifs is 2. The minimum Gasteiger partial charge on any atom is -0.396 e. The maximum Gasteiger partial charge on any atom is 0.276 e. The van der Waals surface area contributed by atoms with E-state index in [1.54, 1.807) is 22.8 Å². The molecule has 0 spiro atoms. The zero-order valence-electron chi connectivity index (χ0n) is 16.1. The lowest BCUT2D eigenvalue weighted by Crippen LogP contribution is -2.40. The van der Waals surface area contributed by atoms with Crippen molar-refractivity contribution in [3.63, 3.8) is 0 Å². The molecule has 2 aromatic heterocycles. The lowest BCUT2D eigenvalue weighted by atomic mass is 9.82. The van der Waals surface area contributed by atoms with E-state index in [2.05, 4.69) is 10.1 Å². The van der Waals surface area contributed by atoms with Gasteiger partial charge in [-0.25, -0.2) is 0 Å². The van der Waals surface area contributed by atoms with Gasteiger partial charge in [0.15, 0.2) is 5.69 Å². The number of hydrogen-bond acceptors (Lipinski definition) is 5. The molecule has 2 N–H and O–H groups in total. The third-order valence-corrected chi connectivity index (χ3v) is 6.31. The number of aliphatic hydroxyl groups is 1. The van der Waals surface area contributed by atoms with E-state index in [0.717, 1.165) is 10.9 Å². The van der Waals surface area contributed by atoms with Gasteiger partial charge in [-0.1, -0.05) is 17.3 Å². The lowest BCUT2D eigenvalue weighted by Gasteiger charge is -2.27. The normalized spacial score (nSPS) is 23.7. The first kappa shape index (κ1) is 17.9. The summed E-state index contributed by atoms with van der Waals surface area (Å²) >= 11 is 0. The van der Waals surface area contributed by atoms with Gasteiger partial charge in [-0.15, -0.1) is 0 Å². The predicted octanol–water partition coefficient (Wildman–Crippen LogP) is 1.67. The van der Waals surface area contributed by atoms with E-state index in [0.29, 0.717) is 37.5 Å². The van der Waals surface area contributed by atoms with Crippen LogP contribution in [0.1, 0.15) is 26.6 Å². The molecule has 2 amide bonds. The van der Waals surface area contributed by atoms with E-state index >= 15 is 0 Å². The molecule has 2 aliphatic heterocycles. The molecule has 0 radical (unpaired) electrons. The quantitative estimate of drug-likeness (QED) is 0.704. The van der Waals surface area contributed by atoms with Gasteiger partial charge in [0.2, 0.25) is 0 Å². The van der Waals surface area contributed by atoms with Crippen molar-refractivity contribution >= 4 is 22.7 Å². The highest BCUT2D eigenvalue weighted by Gasteiger charge is 2.54. The van der Waals surface area contributed by atoms with Crippen molar-refractivity contribution in [2.45, 2.75) is 6.92 Å². The summed E-state index contributed by atoms with van der Waals surface area (Å²) in [6.07, 6.45) is 1.82. The van der Waals surface area contributed by atoms with Crippen LogP contribution in [0, 0.1) is 18.3 Å². The molecular weight excluding hydrogens is 372 g/mol. The molecule has 3 aromatic rings. The molecule has 0 saturated carbocycles. The Morgan fingerprint density at radius 3 is 2.66 bits per heavy atom. The Morgan fingerprint density at radius 1 is 1.24 bits per heavy atom. The number of nitrogens with one attached hydrogen (secondary N) is 1. The van der Waals surface area contributed by atoms with Gasteiger partial charge in [0.25, 0.3) is 11.8 Å². The summed E-state index contributed by atoms with van der Waals surface area (Å²) in [5.41, 5.74) is 1.23. The van der Waals surface area contributed by atoms with Crippen molar-refractivity contribution in [3.05, 3.63) is 53.5 Å². The third-order valence-electron chi connectivity index (χ3n) is 6.31. The van der Waals surface area contributed by atoms with E-state index in [4.69, 9.17) is 4.52 Å². The highest BCUT2D eigenvalue weighted by atomic mass is 16.5. The van der Waals surface area contributed by atoms with Crippen molar-refractivity contribution in [2.24, 2.45) is 11.3 Å². The van der Waals surface area contributed by atoms with Crippen LogP contribution >= 0.6 is 0 Å². The Labute approximate surface area is 167 Å². The number of nitrogens with zero attached hydrogens (tertiary/aromatic N) is 3. The summed E-state index contributed by atoms with van der Waals surface area (Å²) in [5, 5.41) is 15.0. The number of carbonyl (C=O) groups excluding carboxylic acids is 2. The van der Waals surface area contributed by atoms with Gasteiger partial charge in [0.1, 0.15) is 5.76 Å². The standard InChI is InChI=1S/C21H22N4O4/c1-13-7-17(23-29-13)20(28)25-9-15-8-24(10-21(15,11-25)12-26)19(27)16-4-2-3-14-5-6-22-18(14)16/h2-7,15,22,26H,8-12H2,1H3. The lowest BCUT2D eigenvalue weighted by molar-refractivity contribution is 0.0662. The minimum absolute atomic E-state index is 0.0243. The van der Waals surface area contributed by atoms with Gasteiger partial charge in [0, 0.05) is 55.2 Å². The first-order valence-corrected chi connectivity index (χ1v) is 9.69. The summed E-state index contributed by atoms with van der Waals surface area (Å²) in [6, 6.07) is 9.22. The van der Waals surface area contributed by atoms with Crippen LogP contribution in [-0.2, 0) is 0 Å². The van der Waals surface area contributed by atoms with Crippen LogP contribution in [0.2, 0.25) is 0 Å². The second kappa shape index (κ2) is 6.45. The number of para-hydroxylation sites is 1. The van der Waals surface area contributed by atoms with Crippen LogP contribution in [-0.4, -0.2) is 69.6 Å². The van der Waals surface area contributed by atoms with E-state index in [1.807, 2.05) is 30.5 Å². The molecule has 2 atom stereocenters. The topological polar surface area (TPSA) is 103 Å². The van der Waals surface area contributed by atoms with E-state index in [-0.39, 0.29) is 30.0 Å². The Balaban J connectivity index is 1.36. The van der Waals surface area contributed by atoms with E-state index < -0.39 is 5.41 Å². The predicted molar refractivity (Wildman–Crippen MR) is 104 cm³/mol. The summed E-state index contributed by atoms with van der Waals surface area (Å²) in [4.78, 5) is 32.6. The molecule has 2 fully saturated rings. The van der Waals surface area contributed by atoms with Gasteiger partial charge >= 0.3 is 0 Å². The number of benzene rings is 1. The summed E-state index contributed by atoms with van der Waals surface area (Å²) in [5.74, 6) is 0.361. The van der Waals surface area contributed by atoms with Gasteiger partial charge < -0.3 is 24.4 Å². The fourth-order valence-electron chi connectivity index (χ4n) is 4.78.